The van der Waals surface area contributed by atoms with Gasteiger partial charge in [0.25, 0.3) is 5.91 Å². The van der Waals surface area contributed by atoms with Crippen molar-refractivity contribution in [3.05, 3.63) is 33.6 Å². The zero-order chi connectivity index (χ0) is 15.4. The van der Waals surface area contributed by atoms with Gasteiger partial charge in [0, 0.05) is 12.0 Å². The molecule has 2 unspecified atom stereocenters. The molecule has 0 saturated carbocycles. The molecule has 3 amide bonds. The Morgan fingerprint density at radius 3 is 2.76 bits per heavy atom. The molecule has 0 aromatic heterocycles. The van der Waals surface area contributed by atoms with Crippen LogP contribution in [0.2, 0.25) is 0 Å². The van der Waals surface area contributed by atoms with Crippen molar-refractivity contribution in [3.63, 3.8) is 0 Å². The standard InChI is InChI=1S/C12H10FN3O5/c1-5-4-12(10(17)14-11(18)15-12)7-2-6(13)3-8(16(19)20)9(7)21-5/h2-3,5H,4H2,1H3,(H2,14,15,17,18). The number of carbonyl (C=O) groups excluding carboxylic acids is 2. The molecule has 0 radical (unpaired) electrons. The number of imide groups is 1. The van der Waals surface area contributed by atoms with Gasteiger partial charge >= 0.3 is 11.7 Å². The summed E-state index contributed by atoms with van der Waals surface area (Å²) in [6.45, 7) is 1.61. The minimum absolute atomic E-state index is 0.0457. The number of benzene rings is 1. The molecule has 0 bridgehead atoms. The van der Waals surface area contributed by atoms with Crippen LogP contribution in [0.4, 0.5) is 14.9 Å². The van der Waals surface area contributed by atoms with Crippen molar-refractivity contribution < 1.29 is 23.6 Å². The number of nitrogens with one attached hydrogen (secondary N) is 2. The number of nitro groups is 1. The second-order valence-electron chi connectivity index (χ2n) is 5.00. The highest BCUT2D eigenvalue weighted by Crippen LogP contribution is 2.46. The molecule has 2 heterocycles. The fourth-order valence-electron chi connectivity index (χ4n) is 2.76. The molecule has 1 saturated heterocycles. The molecule has 2 N–H and O–H groups in total. The zero-order valence-electron chi connectivity index (χ0n) is 10.8. The maximum absolute atomic E-state index is 13.7. The molecular formula is C12H10FN3O5. The molecule has 2 aliphatic rings. The Hall–Kier alpha value is -2.71. The Morgan fingerprint density at radius 2 is 2.19 bits per heavy atom. The monoisotopic (exact) mass is 295 g/mol. The third-order valence-electron chi connectivity index (χ3n) is 3.54. The van der Waals surface area contributed by atoms with Crippen LogP contribution in [0.1, 0.15) is 18.9 Å². The summed E-state index contributed by atoms with van der Waals surface area (Å²) in [5.74, 6) is -1.76. The number of rotatable bonds is 1. The van der Waals surface area contributed by atoms with Gasteiger partial charge in [0.05, 0.1) is 17.1 Å². The van der Waals surface area contributed by atoms with Crippen molar-refractivity contribution >= 4 is 17.6 Å². The van der Waals surface area contributed by atoms with Crippen molar-refractivity contribution in [1.82, 2.24) is 10.6 Å². The number of urea groups is 1. The first kappa shape index (κ1) is 13.3. The maximum Gasteiger partial charge on any atom is 0.322 e. The maximum atomic E-state index is 13.7. The molecule has 1 fully saturated rings. The van der Waals surface area contributed by atoms with E-state index in [4.69, 9.17) is 4.74 Å². The van der Waals surface area contributed by atoms with E-state index in [1.165, 1.54) is 0 Å². The third kappa shape index (κ3) is 1.81. The minimum Gasteiger partial charge on any atom is -0.483 e. The van der Waals surface area contributed by atoms with Gasteiger partial charge in [-0.2, -0.15) is 0 Å². The van der Waals surface area contributed by atoms with E-state index >= 15 is 0 Å². The van der Waals surface area contributed by atoms with Gasteiger partial charge in [-0.1, -0.05) is 0 Å². The van der Waals surface area contributed by atoms with E-state index in [0.717, 1.165) is 12.1 Å². The van der Waals surface area contributed by atoms with E-state index in [-0.39, 0.29) is 17.7 Å². The number of fused-ring (bicyclic) bond motifs is 2. The van der Waals surface area contributed by atoms with Crippen LogP contribution >= 0.6 is 0 Å². The van der Waals surface area contributed by atoms with Crippen LogP contribution in [0.15, 0.2) is 12.1 Å². The van der Waals surface area contributed by atoms with E-state index in [0.29, 0.717) is 0 Å². The lowest BCUT2D eigenvalue weighted by Gasteiger charge is -2.35. The number of hydrogen-bond donors (Lipinski definition) is 2. The summed E-state index contributed by atoms with van der Waals surface area (Å²) in [5, 5.41) is 15.6. The fourth-order valence-corrected chi connectivity index (χ4v) is 2.76. The first-order valence-corrected chi connectivity index (χ1v) is 6.12. The van der Waals surface area contributed by atoms with Crippen molar-refractivity contribution in [2.75, 3.05) is 0 Å². The van der Waals surface area contributed by atoms with Gasteiger partial charge in [0.15, 0.2) is 5.54 Å². The molecule has 2 atom stereocenters. The smallest absolute Gasteiger partial charge is 0.322 e. The van der Waals surface area contributed by atoms with Crippen LogP contribution in [0.5, 0.6) is 5.75 Å². The van der Waals surface area contributed by atoms with Gasteiger partial charge in [-0.3, -0.25) is 20.2 Å². The van der Waals surface area contributed by atoms with Crippen molar-refractivity contribution in [1.29, 1.82) is 0 Å². The van der Waals surface area contributed by atoms with Crippen LogP contribution < -0.4 is 15.4 Å². The van der Waals surface area contributed by atoms with Crippen LogP contribution in [-0.4, -0.2) is 23.0 Å². The SMILES string of the molecule is CC1CC2(NC(=O)NC2=O)c2cc(F)cc([N+](=O)[O-])c2O1. The van der Waals surface area contributed by atoms with Crippen molar-refractivity contribution in [2.45, 2.75) is 25.0 Å². The van der Waals surface area contributed by atoms with Gasteiger partial charge in [0.1, 0.15) is 5.82 Å². The van der Waals surface area contributed by atoms with Crippen LogP contribution in [-0.2, 0) is 10.3 Å². The largest absolute Gasteiger partial charge is 0.483 e. The Balaban J connectivity index is 2.29. The van der Waals surface area contributed by atoms with Crippen LogP contribution in [0.25, 0.3) is 0 Å². The molecule has 8 nitrogen and oxygen atoms in total. The van der Waals surface area contributed by atoms with Gasteiger partial charge in [-0.25, -0.2) is 9.18 Å². The Morgan fingerprint density at radius 1 is 1.48 bits per heavy atom. The second-order valence-corrected chi connectivity index (χ2v) is 5.00. The van der Waals surface area contributed by atoms with E-state index in [1.807, 2.05) is 0 Å². The molecular weight excluding hydrogens is 285 g/mol. The Labute approximate surface area is 117 Å². The molecule has 9 heteroatoms. The normalized spacial score (nSPS) is 26.9. The summed E-state index contributed by atoms with van der Waals surface area (Å²) in [5.41, 5.74) is -2.17. The summed E-state index contributed by atoms with van der Waals surface area (Å²) < 4.78 is 19.1. The summed E-state index contributed by atoms with van der Waals surface area (Å²) in [4.78, 5) is 33.8. The number of ether oxygens (including phenoxy) is 1. The summed E-state index contributed by atoms with van der Waals surface area (Å²) in [6.07, 6.45) is -0.510. The molecule has 1 spiro atoms. The van der Waals surface area contributed by atoms with E-state index in [2.05, 4.69) is 10.6 Å². The average Bonchev–Trinajstić information content (AvgIpc) is 2.64. The number of carbonyl (C=O) groups is 2. The first-order chi connectivity index (χ1) is 9.83. The van der Waals surface area contributed by atoms with E-state index in [1.54, 1.807) is 6.92 Å². The first-order valence-electron chi connectivity index (χ1n) is 6.12. The zero-order valence-corrected chi connectivity index (χ0v) is 10.8. The lowest BCUT2D eigenvalue weighted by atomic mass is 9.81. The van der Waals surface area contributed by atoms with Gasteiger partial charge < -0.3 is 10.1 Å². The molecule has 1 aromatic rings. The van der Waals surface area contributed by atoms with E-state index in [9.17, 15) is 24.1 Å². The minimum atomic E-state index is -1.54. The topological polar surface area (TPSA) is 111 Å². The highest BCUT2D eigenvalue weighted by atomic mass is 19.1. The van der Waals surface area contributed by atoms with Gasteiger partial charge in [-0.05, 0) is 13.0 Å². The average molecular weight is 295 g/mol. The number of amides is 3. The highest BCUT2D eigenvalue weighted by Gasteiger charge is 2.54. The predicted octanol–water partition coefficient (Wildman–Crippen LogP) is 0.940. The lowest BCUT2D eigenvalue weighted by Crippen LogP contribution is -2.49. The quantitative estimate of drug-likeness (QED) is 0.455. The molecule has 2 aliphatic heterocycles. The molecule has 3 rings (SSSR count). The molecule has 1 aromatic carbocycles. The van der Waals surface area contributed by atoms with Gasteiger partial charge in [-0.15, -0.1) is 0 Å². The number of nitrogens with zero attached hydrogens (tertiary/aromatic N) is 1. The lowest BCUT2D eigenvalue weighted by molar-refractivity contribution is -0.386. The molecule has 21 heavy (non-hydrogen) atoms. The van der Waals surface area contributed by atoms with Crippen molar-refractivity contribution in [2.24, 2.45) is 0 Å². The number of nitro benzene ring substituents is 1. The fraction of sp³-hybridized carbons (Fsp3) is 0.333. The Kier molecular flexibility index (Phi) is 2.62. The van der Waals surface area contributed by atoms with Crippen molar-refractivity contribution in [3.8, 4) is 5.75 Å². The third-order valence-corrected chi connectivity index (χ3v) is 3.54. The van der Waals surface area contributed by atoms with Crippen LogP contribution in [0, 0.1) is 15.9 Å². The van der Waals surface area contributed by atoms with Crippen LogP contribution in [0.3, 0.4) is 0 Å². The Bertz CT molecular complexity index is 692. The van der Waals surface area contributed by atoms with E-state index < -0.39 is 40.0 Å². The predicted molar refractivity (Wildman–Crippen MR) is 66.1 cm³/mol. The highest BCUT2D eigenvalue weighted by molar-refractivity contribution is 6.08. The van der Waals surface area contributed by atoms with Gasteiger partial charge in [0.2, 0.25) is 5.75 Å². The number of hydrogen-bond acceptors (Lipinski definition) is 5. The number of halogens is 1. The summed E-state index contributed by atoms with van der Waals surface area (Å²) >= 11 is 0. The summed E-state index contributed by atoms with van der Waals surface area (Å²) in [7, 11) is 0. The second kappa shape index (κ2) is 4.14. The summed E-state index contributed by atoms with van der Waals surface area (Å²) in [6, 6.07) is 0.963. The molecule has 0 aliphatic carbocycles. The molecule has 110 valence electrons.